The highest BCUT2D eigenvalue weighted by molar-refractivity contribution is 5.87. The van der Waals surface area contributed by atoms with Gasteiger partial charge in [-0.05, 0) is 49.7 Å². The van der Waals surface area contributed by atoms with Crippen molar-refractivity contribution in [2.75, 3.05) is 6.61 Å². The van der Waals surface area contributed by atoms with Gasteiger partial charge in [-0.25, -0.2) is 0 Å². The van der Waals surface area contributed by atoms with Gasteiger partial charge in [0.25, 0.3) is 0 Å². The van der Waals surface area contributed by atoms with E-state index in [-0.39, 0.29) is 37.3 Å². The van der Waals surface area contributed by atoms with Crippen LogP contribution in [0.1, 0.15) is 85.6 Å². The van der Waals surface area contributed by atoms with Crippen molar-refractivity contribution in [3.05, 3.63) is 24.2 Å². The van der Waals surface area contributed by atoms with Crippen LogP contribution in [-0.2, 0) is 42.9 Å². The summed E-state index contributed by atoms with van der Waals surface area (Å²) in [6.07, 6.45) is -2.27. The minimum atomic E-state index is -1.54. The molecule has 6 aliphatic rings. The Kier molecular flexibility index (Phi) is 7.21. The van der Waals surface area contributed by atoms with E-state index in [2.05, 4.69) is 6.92 Å². The molecule has 1 aromatic heterocycles. The van der Waals surface area contributed by atoms with Gasteiger partial charge >= 0.3 is 17.9 Å². The van der Waals surface area contributed by atoms with Crippen LogP contribution < -0.4 is 0 Å². The number of aliphatic hydroxyl groups excluding tert-OH is 2. The van der Waals surface area contributed by atoms with Gasteiger partial charge in [0.2, 0.25) is 6.29 Å². The molecule has 0 amide bonds. The first-order valence-corrected chi connectivity index (χ1v) is 16.8. The lowest BCUT2D eigenvalue weighted by Gasteiger charge is -2.73. The lowest BCUT2D eigenvalue weighted by Crippen LogP contribution is -2.83. The molecule has 7 rings (SSSR count). The summed E-state index contributed by atoms with van der Waals surface area (Å²) in [5, 5.41) is 25.0. The van der Waals surface area contributed by atoms with Crippen molar-refractivity contribution in [2.24, 2.45) is 39.4 Å². The van der Waals surface area contributed by atoms with E-state index < -0.39 is 93.6 Å². The van der Waals surface area contributed by atoms with E-state index in [9.17, 15) is 29.4 Å². The first-order valence-electron chi connectivity index (χ1n) is 16.8. The van der Waals surface area contributed by atoms with E-state index >= 15 is 0 Å². The monoisotopic (exact) mass is 658 g/mol. The van der Waals surface area contributed by atoms with Gasteiger partial charge in [-0.1, -0.05) is 27.7 Å². The Morgan fingerprint density at radius 3 is 2.38 bits per heavy atom. The Bertz CT molecular complexity index is 1490. The molecule has 15 atom stereocenters. The van der Waals surface area contributed by atoms with Crippen molar-refractivity contribution < 1.29 is 57.5 Å². The highest BCUT2D eigenvalue weighted by Crippen LogP contribution is 2.82. The van der Waals surface area contributed by atoms with Gasteiger partial charge < -0.3 is 38.3 Å². The zero-order chi connectivity index (χ0) is 34.1. The number of fused-ring (bicyclic) bond motifs is 1. The molecule has 3 heterocycles. The zero-order valence-electron chi connectivity index (χ0n) is 28.0. The Morgan fingerprint density at radius 2 is 1.77 bits per heavy atom. The normalized spacial score (nSPS) is 49.8. The summed E-state index contributed by atoms with van der Waals surface area (Å²) in [7, 11) is 0. The second-order valence-corrected chi connectivity index (χ2v) is 15.7. The third-order valence-corrected chi connectivity index (χ3v) is 13.7. The van der Waals surface area contributed by atoms with Crippen LogP contribution >= 0.6 is 0 Å². The number of Topliss-reactive ketones (excluding diaryl/α,β-unsaturated/α-hetero) is 1. The molecule has 258 valence electrons. The van der Waals surface area contributed by atoms with E-state index in [0.29, 0.717) is 12.8 Å². The molecular formula is C35H46O12. The van der Waals surface area contributed by atoms with Crippen molar-refractivity contribution >= 4 is 23.7 Å². The Labute approximate surface area is 273 Å². The van der Waals surface area contributed by atoms with Crippen molar-refractivity contribution in [3.63, 3.8) is 0 Å². The van der Waals surface area contributed by atoms with Crippen molar-refractivity contribution in [1.29, 1.82) is 0 Å². The summed E-state index contributed by atoms with van der Waals surface area (Å²) in [5.41, 5.74) is -4.66. The molecule has 6 fully saturated rings. The van der Waals surface area contributed by atoms with E-state index in [1.54, 1.807) is 26.4 Å². The molecule has 4 saturated carbocycles. The second-order valence-electron chi connectivity index (χ2n) is 15.7. The fraction of sp³-hybridized carbons (Fsp3) is 0.771. The highest BCUT2D eigenvalue weighted by Gasteiger charge is 2.90. The average Bonchev–Trinajstić information content (AvgIpc) is 3.37. The predicted octanol–water partition coefficient (Wildman–Crippen LogP) is 3.06. The largest absolute Gasteiger partial charge is 0.472 e. The topological polar surface area (TPSA) is 171 Å². The summed E-state index contributed by atoms with van der Waals surface area (Å²) in [6.45, 7) is 11.4. The molecule has 2 N–H and O–H groups in total. The molecule has 0 radical (unpaired) electrons. The van der Waals surface area contributed by atoms with Crippen LogP contribution in [-0.4, -0.2) is 82.9 Å². The molecule has 12 nitrogen and oxygen atoms in total. The van der Waals surface area contributed by atoms with Crippen molar-refractivity contribution in [3.8, 4) is 0 Å². The third-order valence-electron chi connectivity index (χ3n) is 13.7. The second kappa shape index (κ2) is 10.4. The quantitative estimate of drug-likeness (QED) is 0.260. The lowest BCUT2D eigenvalue weighted by molar-refractivity contribution is -0.389. The van der Waals surface area contributed by atoms with Crippen molar-refractivity contribution in [2.45, 2.75) is 122 Å². The standard InChI is InChI=1S/C35H46O12/c1-8-16(2)29(41)46-30-32(6)22-12-23(39)33(7)26(34(22,15-43-30)27(40)25(44-17(3)36)28(32)45-18(4)37)21(38)13-31(5)20(19-9-10-42-14-19)11-24-35(31,33)47-24/h9-10,14,16,20,22-28,30,39-40H,8,11-13,15H2,1-7H3/t16-,20+,22+,23-,24-,25-,26+,27+,28-,30-,31+,32-,33-,34+,35-/m1/s1. The van der Waals surface area contributed by atoms with Crippen LogP contribution in [0.4, 0.5) is 0 Å². The van der Waals surface area contributed by atoms with Crippen LogP contribution in [0.2, 0.25) is 0 Å². The molecule has 1 aromatic rings. The Morgan fingerprint density at radius 1 is 1.06 bits per heavy atom. The predicted molar refractivity (Wildman–Crippen MR) is 160 cm³/mol. The molecule has 2 aliphatic heterocycles. The third kappa shape index (κ3) is 3.84. The Hall–Kier alpha value is -2.80. The first kappa shape index (κ1) is 32.7. The van der Waals surface area contributed by atoms with E-state index in [1.165, 1.54) is 13.8 Å². The summed E-state index contributed by atoms with van der Waals surface area (Å²) >= 11 is 0. The van der Waals surface area contributed by atoms with Crippen LogP contribution in [0.5, 0.6) is 0 Å². The molecule has 47 heavy (non-hydrogen) atoms. The molecule has 2 bridgehead atoms. The number of hydrogen-bond acceptors (Lipinski definition) is 12. The number of ketones is 1. The van der Waals surface area contributed by atoms with Gasteiger partial charge in [-0.2, -0.15) is 0 Å². The summed E-state index contributed by atoms with van der Waals surface area (Å²) in [6, 6.07) is 1.91. The maximum atomic E-state index is 14.9. The summed E-state index contributed by atoms with van der Waals surface area (Å²) in [5.74, 6) is -4.40. The van der Waals surface area contributed by atoms with E-state index in [4.69, 9.17) is 28.1 Å². The fourth-order valence-electron chi connectivity index (χ4n) is 11.6. The van der Waals surface area contributed by atoms with Gasteiger partial charge in [0.15, 0.2) is 12.2 Å². The number of carbonyl (C=O) groups is 4. The summed E-state index contributed by atoms with van der Waals surface area (Å²) in [4.78, 5) is 53.4. The number of aliphatic hydroxyl groups is 2. The molecular weight excluding hydrogens is 612 g/mol. The van der Waals surface area contributed by atoms with Crippen LogP contribution in [0.15, 0.2) is 23.0 Å². The number of epoxide rings is 1. The molecule has 4 aliphatic carbocycles. The molecule has 12 heteroatoms. The minimum Gasteiger partial charge on any atom is -0.472 e. The lowest BCUT2D eigenvalue weighted by atomic mass is 9.33. The number of hydrogen-bond donors (Lipinski definition) is 2. The zero-order valence-corrected chi connectivity index (χ0v) is 28.0. The number of esters is 3. The van der Waals surface area contributed by atoms with Gasteiger partial charge in [-0.15, -0.1) is 0 Å². The first-order chi connectivity index (χ1) is 22.0. The molecule has 1 spiro atoms. The number of carbonyl (C=O) groups excluding carboxylic acids is 4. The van der Waals surface area contributed by atoms with Gasteiger partial charge in [0, 0.05) is 42.4 Å². The van der Waals surface area contributed by atoms with Gasteiger partial charge in [0.1, 0.15) is 17.5 Å². The van der Waals surface area contributed by atoms with Gasteiger partial charge in [-0.3, -0.25) is 19.2 Å². The Balaban J connectivity index is 1.40. The molecule has 0 aromatic carbocycles. The fourth-order valence-corrected chi connectivity index (χ4v) is 11.6. The van der Waals surface area contributed by atoms with E-state index in [1.807, 2.05) is 19.9 Å². The average molecular weight is 659 g/mol. The minimum absolute atomic E-state index is 0.0558. The van der Waals surface area contributed by atoms with E-state index in [0.717, 1.165) is 5.56 Å². The number of furan rings is 1. The number of rotatable bonds is 6. The highest BCUT2D eigenvalue weighted by atomic mass is 16.7. The maximum absolute atomic E-state index is 14.9. The van der Waals surface area contributed by atoms with Crippen LogP contribution in [0, 0.1) is 39.4 Å². The SMILES string of the molecule is CC[C@@H](C)C(=O)O[C@H]1OC[C@@]23[C@H]4C(=O)C[C@@]5(C)[C@H](c6ccoc6)C[C@H]6O[C@]65[C@]4(C)[C@H](O)C[C@H]2[C@]1(C)[C@H](OC(C)=O)[C@H](OC(C)=O)[C@@H]3O. The van der Waals surface area contributed by atoms with Crippen LogP contribution in [0.3, 0.4) is 0 Å². The number of ether oxygens (including phenoxy) is 5. The van der Waals surface area contributed by atoms with Gasteiger partial charge in [0.05, 0.1) is 42.7 Å². The maximum Gasteiger partial charge on any atom is 0.310 e. The van der Waals surface area contributed by atoms with Crippen molar-refractivity contribution in [1.82, 2.24) is 0 Å². The molecule has 2 saturated heterocycles. The smallest absolute Gasteiger partial charge is 0.310 e. The van der Waals surface area contributed by atoms with Crippen LogP contribution in [0.25, 0.3) is 0 Å². The summed E-state index contributed by atoms with van der Waals surface area (Å²) < 4.78 is 36.1. The molecule has 0 unspecified atom stereocenters.